The maximum Gasteiger partial charge on any atom is 0.146 e. The number of nitrogens with two attached hydrogens (primary N) is 1. The van der Waals surface area contributed by atoms with E-state index in [0.29, 0.717) is 5.82 Å². The number of aryl methyl sites for hydroxylation is 2. The lowest BCUT2D eigenvalue weighted by molar-refractivity contribution is 0.216. The first-order chi connectivity index (χ1) is 9.44. The minimum absolute atomic E-state index is 0.0257. The lowest BCUT2D eigenvalue weighted by Gasteiger charge is -2.35. The first-order valence-electron chi connectivity index (χ1n) is 7.56. The first kappa shape index (κ1) is 15.8. The second-order valence-corrected chi connectivity index (χ2v) is 7.95. The molecule has 116 valence electrons. The van der Waals surface area contributed by atoms with Crippen molar-refractivity contribution in [1.29, 1.82) is 0 Å². The van der Waals surface area contributed by atoms with Gasteiger partial charge in [0.2, 0.25) is 0 Å². The van der Waals surface area contributed by atoms with Crippen molar-refractivity contribution in [3.8, 4) is 0 Å². The maximum absolute atomic E-state index is 6.15. The van der Waals surface area contributed by atoms with E-state index in [2.05, 4.69) is 63.0 Å². The smallest absolute Gasteiger partial charge is 0.146 e. The van der Waals surface area contributed by atoms with Gasteiger partial charge in [-0.1, -0.05) is 20.8 Å². The number of nitrogen functional groups attached to an aromatic ring is 1. The first-order valence-corrected chi connectivity index (χ1v) is 7.56. The number of hydrogen-bond donors (Lipinski definition) is 1. The molecule has 0 radical (unpaired) electrons. The molecule has 4 nitrogen and oxygen atoms in total. The molecular formula is C17H28N4. The van der Waals surface area contributed by atoms with Crippen LogP contribution in [-0.4, -0.2) is 14.5 Å². The zero-order valence-corrected chi connectivity index (χ0v) is 14.6. The van der Waals surface area contributed by atoms with Gasteiger partial charge in [-0.15, -0.1) is 0 Å². The van der Waals surface area contributed by atoms with Crippen LogP contribution in [0, 0.1) is 26.2 Å². The highest BCUT2D eigenvalue weighted by Gasteiger charge is 2.31. The number of anilines is 1. The summed E-state index contributed by atoms with van der Waals surface area (Å²) in [5, 5.41) is 1.00. The molecule has 2 N–H and O–H groups in total. The molecule has 0 bridgehead atoms. The van der Waals surface area contributed by atoms with Gasteiger partial charge in [-0.25, -0.2) is 9.97 Å². The van der Waals surface area contributed by atoms with E-state index in [9.17, 15) is 0 Å². The van der Waals surface area contributed by atoms with Crippen LogP contribution in [0.2, 0.25) is 0 Å². The monoisotopic (exact) mass is 288 g/mol. The molecule has 0 aromatic carbocycles. The predicted octanol–water partition coefficient (Wildman–Crippen LogP) is 4.11. The lowest BCUT2D eigenvalue weighted by atomic mass is 9.81. The van der Waals surface area contributed by atoms with Gasteiger partial charge < -0.3 is 10.3 Å². The molecule has 2 aromatic heterocycles. The van der Waals surface area contributed by atoms with E-state index in [-0.39, 0.29) is 11.0 Å². The second kappa shape index (κ2) is 4.72. The van der Waals surface area contributed by atoms with Crippen molar-refractivity contribution in [2.24, 2.45) is 5.41 Å². The molecule has 2 rings (SSSR count). The van der Waals surface area contributed by atoms with Crippen LogP contribution in [0.15, 0.2) is 0 Å². The molecule has 0 amide bonds. The van der Waals surface area contributed by atoms with Crippen LogP contribution in [0.5, 0.6) is 0 Å². The standard InChI is InChI=1S/C17H28N4/c1-10-11(2)21(17(7,8)9-16(4,5)6)15-13(10)14(18)19-12(3)20-15/h9H2,1-8H3,(H2,18,19,20). The van der Waals surface area contributed by atoms with Crippen molar-refractivity contribution in [2.75, 3.05) is 5.73 Å². The third-order valence-electron chi connectivity index (χ3n) is 4.06. The van der Waals surface area contributed by atoms with Crippen LogP contribution in [-0.2, 0) is 5.54 Å². The molecule has 0 atom stereocenters. The highest BCUT2D eigenvalue weighted by Crippen LogP contribution is 2.38. The lowest BCUT2D eigenvalue weighted by Crippen LogP contribution is -2.32. The number of nitrogens with zero attached hydrogens (tertiary/aromatic N) is 3. The average Bonchev–Trinajstić information content (AvgIpc) is 2.47. The Hall–Kier alpha value is -1.58. The van der Waals surface area contributed by atoms with Crippen LogP contribution >= 0.6 is 0 Å². The van der Waals surface area contributed by atoms with Crippen LogP contribution < -0.4 is 5.73 Å². The van der Waals surface area contributed by atoms with E-state index in [1.54, 1.807) is 0 Å². The second-order valence-electron chi connectivity index (χ2n) is 7.95. The Bertz CT molecular complexity index is 687. The van der Waals surface area contributed by atoms with Gasteiger partial charge in [0.05, 0.1) is 5.39 Å². The van der Waals surface area contributed by atoms with Gasteiger partial charge in [-0.05, 0) is 52.0 Å². The van der Waals surface area contributed by atoms with Crippen LogP contribution in [0.4, 0.5) is 5.82 Å². The maximum atomic E-state index is 6.15. The van der Waals surface area contributed by atoms with E-state index < -0.39 is 0 Å². The molecule has 21 heavy (non-hydrogen) atoms. The van der Waals surface area contributed by atoms with Gasteiger partial charge in [0.25, 0.3) is 0 Å². The molecule has 0 fully saturated rings. The van der Waals surface area contributed by atoms with Gasteiger partial charge >= 0.3 is 0 Å². The van der Waals surface area contributed by atoms with Crippen molar-refractivity contribution in [2.45, 2.75) is 67.3 Å². The normalized spacial score (nSPS) is 13.1. The van der Waals surface area contributed by atoms with E-state index in [1.807, 2.05) is 6.92 Å². The number of rotatable bonds is 2. The molecular weight excluding hydrogens is 260 g/mol. The third-order valence-corrected chi connectivity index (χ3v) is 4.06. The summed E-state index contributed by atoms with van der Waals surface area (Å²) in [7, 11) is 0. The van der Waals surface area contributed by atoms with Crippen LogP contribution in [0.25, 0.3) is 11.0 Å². The molecule has 0 unspecified atom stereocenters. The molecule has 0 saturated carbocycles. The van der Waals surface area contributed by atoms with E-state index in [1.165, 1.54) is 11.3 Å². The van der Waals surface area contributed by atoms with Crippen molar-refractivity contribution >= 4 is 16.9 Å². The molecule has 2 aromatic rings. The minimum atomic E-state index is -0.0257. The third kappa shape index (κ3) is 2.76. The van der Waals surface area contributed by atoms with Gasteiger partial charge in [-0.2, -0.15) is 0 Å². The van der Waals surface area contributed by atoms with E-state index >= 15 is 0 Å². The topological polar surface area (TPSA) is 56.7 Å². The zero-order valence-electron chi connectivity index (χ0n) is 14.6. The Morgan fingerprint density at radius 1 is 1.00 bits per heavy atom. The Morgan fingerprint density at radius 3 is 2.10 bits per heavy atom. The molecule has 0 aliphatic carbocycles. The molecule has 0 spiro atoms. The number of hydrogen-bond acceptors (Lipinski definition) is 3. The summed E-state index contributed by atoms with van der Waals surface area (Å²) in [6.45, 7) is 17.5. The van der Waals surface area contributed by atoms with Crippen molar-refractivity contribution < 1.29 is 0 Å². The molecule has 0 saturated heterocycles. The van der Waals surface area contributed by atoms with E-state index in [4.69, 9.17) is 5.73 Å². The Morgan fingerprint density at radius 2 is 1.57 bits per heavy atom. The molecule has 0 aliphatic rings. The van der Waals surface area contributed by atoms with Crippen molar-refractivity contribution in [3.63, 3.8) is 0 Å². The Kier molecular flexibility index (Phi) is 3.55. The fraction of sp³-hybridized carbons (Fsp3) is 0.647. The largest absolute Gasteiger partial charge is 0.383 e. The summed E-state index contributed by atoms with van der Waals surface area (Å²) in [6, 6.07) is 0. The Labute approximate surface area is 127 Å². The van der Waals surface area contributed by atoms with Crippen molar-refractivity contribution in [3.05, 3.63) is 17.1 Å². The van der Waals surface area contributed by atoms with Gasteiger partial charge in [-0.3, -0.25) is 0 Å². The summed E-state index contributed by atoms with van der Waals surface area (Å²) >= 11 is 0. The number of fused-ring (bicyclic) bond motifs is 1. The van der Waals surface area contributed by atoms with Gasteiger partial charge in [0, 0.05) is 11.2 Å². The summed E-state index contributed by atoms with van der Waals surface area (Å²) in [5.41, 5.74) is 9.74. The molecule has 4 heteroatoms. The predicted molar refractivity (Wildman–Crippen MR) is 89.5 cm³/mol. The highest BCUT2D eigenvalue weighted by atomic mass is 15.1. The fourth-order valence-electron chi connectivity index (χ4n) is 3.73. The highest BCUT2D eigenvalue weighted by molar-refractivity contribution is 5.91. The summed E-state index contributed by atoms with van der Waals surface area (Å²) < 4.78 is 2.34. The van der Waals surface area contributed by atoms with Gasteiger partial charge in [0.1, 0.15) is 17.3 Å². The van der Waals surface area contributed by atoms with E-state index in [0.717, 1.165) is 23.3 Å². The minimum Gasteiger partial charge on any atom is -0.383 e. The quantitative estimate of drug-likeness (QED) is 0.904. The summed E-state index contributed by atoms with van der Waals surface area (Å²) in [5.74, 6) is 1.31. The summed E-state index contributed by atoms with van der Waals surface area (Å²) in [6.07, 6.45) is 1.06. The molecule has 2 heterocycles. The fourth-order valence-corrected chi connectivity index (χ4v) is 3.73. The zero-order chi connectivity index (χ0) is 16.2. The van der Waals surface area contributed by atoms with Crippen LogP contribution in [0.3, 0.4) is 0 Å². The van der Waals surface area contributed by atoms with Crippen molar-refractivity contribution in [1.82, 2.24) is 14.5 Å². The number of aromatic nitrogens is 3. The Balaban J connectivity index is 2.78. The molecule has 0 aliphatic heterocycles. The average molecular weight is 288 g/mol. The summed E-state index contributed by atoms with van der Waals surface area (Å²) in [4.78, 5) is 9.01. The SMILES string of the molecule is Cc1nc(N)c2c(C)c(C)n(C(C)(C)CC(C)(C)C)c2n1. The van der Waals surface area contributed by atoms with Crippen LogP contribution in [0.1, 0.15) is 58.1 Å². The van der Waals surface area contributed by atoms with Gasteiger partial charge in [0.15, 0.2) is 0 Å².